The Morgan fingerprint density at radius 3 is 2.78 bits per heavy atom. The fourth-order valence-electron chi connectivity index (χ4n) is 3.67. The van der Waals surface area contributed by atoms with Gasteiger partial charge >= 0.3 is 0 Å². The summed E-state index contributed by atoms with van der Waals surface area (Å²) in [6, 6.07) is 16.4. The van der Waals surface area contributed by atoms with Crippen LogP contribution in [0, 0.1) is 6.92 Å². The summed E-state index contributed by atoms with van der Waals surface area (Å²) in [5, 5.41) is 4.11. The Bertz CT molecular complexity index is 942. The van der Waals surface area contributed by atoms with Gasteiger partial charge in [0, 0.05) is 36.2 Å². The number of rotatable bonds is 5. The van der Waals surface area contributed by atoms with Crippen LogP contribution in [0.4, 0.5) is 5.69 Å². The van der Waals surface area contributed by atoms with Gasteiger partial charge < -0.3 is 19.9 Å². The lowest BCUT2D eigenvalue weighted by Gasteiger charge is -2.30. The van der Waals surface area contributed by atoms with Crippen LogP contribution >= 0.6 is 0 Å². The van der Waals surface area contributed by atoms with E-state index < -0.39 is 0 Å². The predicted octanol–water partition coefficient (Wildman–Crippen LogP) is 3.29. The standard InChI is InChI=1S/C22H25N3O2/c1-16-5-4-7-18-15-19(24-21(16)18)22(26)23-10-9-17-6-2-3-8-20(17)25-11-13-27-14-12-25/h2-8,15,24H,9-14H2,1H3,(H,23,26). The SMILES string of the molecule is Cc1cccc2cc(C(=O)NCCc3ccccc3N3CCOCC3)[nH]c12. The van der Waals surface area contributed by atoms with E-state index in [0.29, 0.717) is 12.2 Å². The van der Waals surface area contributed by atoms with Crippen LogP contribution in [0.3, 0.4) is 0 Å². The first-order valence-electron chi connectivity index (χ1n) is 9.49. The maximum atomic E-state index is 12.5. The van der Waals surface area contributed by atoms with Crippen molar-refractivity contribution in [1.29, 1.82) is 0 Å². The van der Waals surface area contributed by atoms with Crippen LogP contribution in [-0.2, 0) is 11.2 Å². The van der Waals surface area contributed by atoms with Gasteiger partial charge in [0.15, 0.2) is 0 Å². The Hall–Kier alpha value is -2.79. The van der Waals surface area contributed by atoms with Gasteiger partial charge in [-0.1, -0.05) is 36.4 Å². The van der Waals surface area contributed by atoms with E-state index in [9.17, 15) is 4.79 Å². The van der Waals surface area contributed by atoms with Crippen LogP contribution in [0.1, 0.15) is 21.6 Å². The monoisotopic (exact) mass is 363 g/mol. The summed E-state index contributed by atoms with van der Waals surface area (Å²) in [6.07, 6.45) is 0.804. The number of benzene rings is 2. The first kappa shape index (κ1) is 17.6. The maximum Gasteiger partial charge on any atom is 0.267 e. The van der Waals surface area contributed by atoms with Gasteiger partial charge in [-0.3, -0.25) is 4.79 Å². The number of H-pyrrole nitrogens is 1. The second-order valence-corrected chi connectivity index (χ2v) is 6.96. The fraction of sp³-hybridized carbons (Fsp3) is 0.318. The van der Waals surface area contributed by atoms with Gasteiger partial charge in [0.2, 0.25) is 0 Å². The Morgan fingerprint density at radius 2 is 1.96 bits per heavy atom. The minimum absolute atomic E-state index is 0.0607. The third-order valence-corrected chi connectivity index (χ3v) is 5.13. The summed E-state index contributed by atoms with van der Waals surface area (Å²) >= 11 is 0. The van der Waals surface area contributed by atoms with E-state index in [4.69, 9.17) is 4.74 Å². The van der Waals surface area contributed by atoms with E-state index in [1.807, 2.05) is 31.2 Å². The molecular formula is C22H25N3O2. The Balaban J connectivity index is 1.40. The van der Waals surface area contributed by atoms with Crippen LogP contribution in [0.25, 0.3) is 10.9 Å². The number of aromatic amines is 1. The zero-order valence-electron chi connectivity index (χ0n) is 15.6. The number of nitrogens with zero attached hydrogens (tertiary/aromatic N) is 1. The maximum absolute atomic E-state index is 12.5. The Kier molecular flexibility index (Phi) is 5.12. The molecule has 4 rings (SSSR count). The molecule has 1 aliphatic heterocycles. The first-order chi connectivity index (χ1) is 13.2. The zero-order chi connectivity index (χ0) is 18.6. The van der Waals surface area contributed by atoms with Gasteiger partial charge in [0.25, 0.3) is 5.91 Å². The van der Waals surface area contributed by atoms with E-state index in [1.54, 1.807) is 0 Å². The minimum atomic E-state index is -0.0607. The van der Waals surface area contributed by atoms with Gasteiger partial charge in [-0.2, -0.15) is 0 Å². The van der Waals surface area contributed by atoms with Crippen molar-refractivity contribution in [1.82, 2.24) is 10.3 Å². The van der Waals surface area contributed by atoms with Crippen LogP contribution < -0.4 is 10.2 Å². The highest BCUT2D eigenvalue weighted by Crippen LogP contribution is 2.22. The number of para-hydroxylation sites is 2. The normalized spacial score (nSPS) is 14.5. The third-order valence-electron chi connectivity index (χ3n) is 5.13. The second-order valence-electron chi connectivity index (χ2n) is 6.96. The van der Waals surface area contributed by atoms with Gasteiger partial charge in [-0.25, -0.2) is 0 Å². The van der Waals surface area contributed by atoms with E-state index >= 15 is 0 Å². The molecule has 0 bridgehead atoms. The van der Waals surface area contributed by atoms with Crippen molar-refractivity contribution in [2.75, 3.05) is 37.7 Å². The number of hydrogen-bond acceptors (Lipinski definition) is 3. The highest BCUT2D eigenvalue weighted by atomic mass is 16.5. The summed E-state index contributed by atoms with van der Waals surface area (Å²) in [6.45, 7) is 6.02. The Morgan fingerprint density at radius 1 is 1.15 bits per heavy atom. The van der Waals surface area contributed by atoms with E-state index in [2.05, 4.69) is 39.5 Å². The molecule has 0 radical (unpaired) electrons. The number of morpholine rings is 1. The number of anilines is 1. The largest absolute Gasteiger partial charge is 0.378 e. The lowest BCUT2D eigenvalue weighted by molar-refractivity contribution is 0.0950. The van der Waals surface area contributed by atoms with Gasteiger partial charge in [0.05, 0.1) is 13.2 Å². The summed E-state index contributed by atoms with van der Waals surface area (Å²) in [4.78, 5) is 18.1. The van der Waals surface area contributed by atoms with Crippen LogP contribution in [0.2, 0.25) is 0 Å². The van der Waals surface area contributed by atoms with Gasteiger partial charge in [-0.05, 0) is 36.6 Å². The third kappa shape index (κ3) is 3.83. The van der Waals surface area contributed by atoms with Crippen molar-refractivity contribution in [3.63, 3.8) is 0 Å². The summed E-state index contributed by atoms with van der Waals surface area (Å²) in [5.41, 5.74) is 5.29. The Labute approximate surface area is 159 Å². The quantitative estimate of drug-likeness (QED) is 0.731. The van der Waals surface area contributed by atoms with Crippen molar-refractivity contribution in [3.05, 3.63) is 65.4 Å². The lowest BCUT2D eigenvalue weighted by atomic mass is 10.1. The van der Waals surface area contributed by atoms with Crippen LogP contribution in [0.15, 0.2) is 48.5 Å². The number of hydrogen-bond donors (Lipinski definition) is 2. The summed E-state index contributed by atoms with van der Waals surface area (Å²) in [7, 11) is 0. The molecule has 1 fully saturated rings. The number of carbonyl (C=O) groups excluding carboxylic acids is 1. The van der Waals surface area contributed by atoms with Crippen molar-refractivity contribution in [3.8, 4) is 0 Å². The van der Waals surface area contributed by atoms with Gasteiger partial charge in [-0.15, -0.1) is 0 Å². The number of ether oxygens (including phenoxy) is 1. The molecule has 2 aromatic carbocycles. The molecule has 1 aromatic heterocycles. The fourth-order valence-corrected chi connectivity index (χ4v) is 3.67. The number of aryl methyl sites for hydroxylation is 1. The van der Waals surface area contributed by atoms with Gasteiger partial charge in [0.1, 0.15) is 5.69 Å². The molecule has 5 heteroatoms. The predicted molar refractivity (Wildman–Crippen MR) is 109 cm³/mol. The molecule has 0 saturated carbocycles. The molecule has 0 spiro atoms. The average molecular weight is 363 g/mol. The molecule has 0 aliphatic carbocycles. The molecule has 1 amide bonds. The molecule has 27 heavy (non-hydrogen) atoms. The van der Waals surface area contributed by atoms with Crippen molar-refractivity contribution < 1.29 is 9.53 Å². The summed E-state index contributed by atoms with van der Waals surface area (Å²) < 4.78 is 5.45. The number of carbonyl (C=O) groups is 1. The van der Waals surface area contributed by atoms with E-state index in [-0.39, 0.29) is 5.91 Å². The smallest absolute Gasteiger partial charge is 0.267 e. The molecule has 2 N–H and O–H groups in total. The van der Waals surface area contributed by atoms with E-state index in [0.717, 1.165) is 49.2 Å². The molecular weight excluding hydrogens is 338 g/mol. The number of nitrogens with one attached hydrogen (secondary N) is 2. The van der Waals surface area contributed by atoms with Crippen molar-refractivity contribution in [2.45, 2.75) is 13.3 Å². The zero-order valence-corrected chi connectivity index (χ0v) is 15.6. The first-order valence-corrected chi connectivity index (χ1v) is 9.49. The molecule has 1 saturated heterocycles. The van der Waals surface area contributed by atoms with Crippen LogP contribution in [-0.4, -0.2) is 43.7 Å². The number of fused-ring (bicyclic) bond motifs is 1. The molecule has 0 unspecified atom stereocenters. The number of aromatic nitrogens is 1. The molecule has 5 nitrogen and oxygen atoms in total. The molecule has 1 aliphatic rings. The highest BCUT2D eigenvalue weighted by molar-refractivity contribution is 5.98. The lowest BCUT2D eigenvalue weighted by Crippen LogP contribution is -2.37. The summed E-state index contributed by atoms with van der Waals surface area (Å²) in [5.74, 6) is -0.0607. The molecule has 3 aromatic rings. The van der Waals surface area contributed by atoms with Crippen molar-refractivity contribution in [2.24, 2.45) is 0 Å². The average Bonchev–Trinajstić information content (AvgIpc) is 3.15. The van der Waals surface area contributed by atoms with Crippen molar-refractivity contribution >= 4 is 22.5 Å². The topological polar surface area (TPSA) is 57.4 Å². The second kappa shape index (κ2) is 7.84. The van der Waals surface area contributed by atoms with Crippen LogP contribution in [0.5, 0.6) is 0 Å². The number of amides is 1. The molecule has 2 heterocycles. The minimum Gasteiger partial charge on any atom is -0.378 e. The highest BCUT2D eigenvalue weighted by Gasteiger charge is 2.15. The molecule has 140 valence electrons. The van der Waals surface area contributed by atoms with E-state index in [1.165, 1.54) is 11.3 Å². The molecule has 0 atom stereocenters.